The predicted molar refractivity (Wildman–Crippen MR) is 80.1 cm³/mol. The number of aromatic carboxylic acids is 1. The SMILES string of the molecule is CC(Br)c1nc(Oc2ccc(Cl)cc2)ccc1C(=O)O. The normalized spacial score (nSPS) is 11.9. The molecule has 0 saturated carbocycles. The predicted octanol–water partition coefficient (Wildman–Crippen LogP) is 4.68. The zero-order valence-electron chi connectivity index (χ0n) is 10.5. The van der Waals surface area contributed by atoms with Gasteiger partial charge in [0.05, 0.1) is 16.1 Å². The lowest BCUT2D eigenvalue weighted by atomic mass is 10.1. The van der Waals surface area contributed by atoms with Crippen LogP contribution in [0.3, 0.4) is 0 Å². The van der Waals surface area contributed by atoms with Crippen LogP contribution in [0.1, 0.15) is 27.8 Å². The third kappa shape index (κ3) is 3.49. The van der Waals surface area contributed by atoms with Crippen LogP contribution in [0.5, 0.6) is 11.6 Å². The van der Waals surface area contributed by atoms with Crippen molar-refractivity contribution in [2.75, 3.05) is 0 Å². The summed E-state index contributed by atoms with van der Waals surface area (Å²) in [5.74, 6) is -0.103. The van der Waals surface area contributed by atoms with Gasteiger partial charge in [0.25, 0.3) is 0 Å². The topological polar surface area (TPSA) is 59.4 Å². The van der Waals surface area contributed by atoms with Crippen molar-refractivity contribution in [1.29, 1.82) is 0 Å². The van der Waals surface area contributed by atoms with Crippen LogP contribution >= 0.6 is 27.5 Å². The first-order valence-electron chi connectivity index (χ1n) is 5.79. The van der Waals surface area contributed by atoms with Crippen LogP contribution in [-0.4, -0.2) is 16.1 Å². The first kappa shape index (κ1) is 14.8. The van der Waals surface area contributed by atoms with Gasteiger partial charge in [-0.15, -0.1) is 0 Å². The van der Waals surface area contributed by atoms with Crippen LogP contribution in [0.2, 0.25) is 5.02 Å². The minimum atomic E-state index is -1.02. The number of aromatic nitrogens is 1. The highest BCUT2D eigenvalue weighted by Gasteiger charge is 2.16. The van der Waals surface area contributed by atoms with E-state index < -0.39 is 5.97 Å². The van der Waals surface area contributed by atoms with E-state index >= 15 is 0 Å². The van der Waals surface area contributed by atoms with Gasteiger partial charge in [0.1, 0.15) is 5.75 Å². The summed E-state index contributed by atoms with van der Waals surface area (Å²) in [4.78, 5) is 15.2. The quantitative estimate of drug-likeness (QED) is 0.808. The number of alkyl halides is 1. The van der Waals surface area contributed by atoms with E-state index in [-0.39, 0.29) is 10.4 Å². The molecule has 0 aliphatic carbocycles. The largest absolute Gasteiger partial charge is 0.478 e. The zero-order chi connectivity index (χ0) is 14.7. The Hall–Kier alpha value is -1.59. The number of hydrogen-bond donors (Lipinski definition) is 1. The molecule has 1 atom stereocenters. The number of carboxylic acid groups (broad SMARTS) is 1. The molecule has 20 heavy (non-hydrogen) atoms. The van der Waals surface area contributed by atoms with Gasteiger partial charge in [-0.2, -0.15) is 0 Å². The van der Waals surface area contributed by atoms with Gasteiger partial charge >= 0.3 is 5.97 Å². The summed E-state index contributed by atoms with van der Waals surface area (Å²) in [5.41, 5.74) is 0.571. The number of ether oxygens (including phenoxy) is 1. The Balaban J connectivity index is 2.31. The second-order valence-corrected chi connectivity index (χ2v) is 5.87. The minimum Gasteiger partial charge on any atom is -0.478 e. The van der Waals surface area contributed by atoms with Crippen molar-refractivity contribution in [2.24, 2.45) is 0 Å². The van der Waals surface area contributed by atoms with E-state index in [1.165, 1.54) is 12.1 Å². The first-order chi connectivity index (χ1) is 9.47. The van der Waals surface area contributed by atoms with Crippen molar-refractivity contribution < 1.29 is 14.6 Å². The van der Waals surface area contributed by atoms with Gasteiger partial charge in [-0.05, 0) is 37.3 Å². The maximum Gasteiger partial charge on any atom is 0.337 e. The maximum atomic E-state index is 11.1. The van der Waals surface area contributed by atoms with Gasteiger partial charge in [-0.1, -0.05) is 27.5 Å². The Morgan fingerprint density at radius 1 is 1.30 bits per heavy atom. The smallest absolute Gasteiger partial charge is 0.337 e. The third-order valence-electron chi connectivity index (χ3n) is 2.54. The van der Waals surface area contributed by atoms with Gasteiger partial charge < -0.3 is 9.84 Å². The van der Waals surface area contributed by atoms with Crippen molar-refractivity contribution in [1.82, 2.24) is 4.98 Å². The fourth-order valence-corrected chi connectivity index (χ4v) is 2.10. The second kappa shape index (κ2) is 6.24. The molecule has 2 aromatic rings. The highest BCUT2D eigenvalue weighted by Crippen LogP contribution is 2.28. The molecular weight excluding hydrogens is 346 g/mol. The summed E-state index contributed by atoms with van der Waals surface area (Å²) < 4.78 is 5.58. The van der Waals surface area contributed by atoms with Crippen LogP contribution in [0.15, 0.2) is 36.4 Å². The molecule has 104 valence electrons. The van der Waals surface area contributed by atoms with E-state index in [0.717, 1.165) is 0 Å². The summed E-state index contributed by atoms with van der Waals surface area (Å²) in [7, 11) is 0. The molecule has 4 nitrogen and oxygen atoms in total. The molecular formula is C14H11BrClNO3. The summed E-state index contributed by atoms with van der Waals surface area (Å²) in [6.45, 7) is 1.81. The van der Waals surface area contributed by atoms with Crippen LogP contribution in [0.25, 0.3) is 0 Å². The number of rotatable bonds is 4. The number of carboxylic acids is 1. The molecule has 6 heteroatoms. The van der Waals surface area contributed by atoms with E-state index in [9.17, 15) is 4.79 Å². The third-order valence-corrected chi connectivity index (χ3v) is 3.23. The summed E-state index contributed by atoms with van der Waals surface area (Å²) in [6.07, 6.45) is 0. The average Bonchev–Trinajstić information content (AvgIpc) is 2.41. The van der Waals surface area contributed by atoms with Gasteiger partial charge in [-0.3, -0.25) is 0 Å². The number of carbonyl (C=O) groups is 1. The number of nitrogens with zero attached hydrogens (tertiary/aromatic N) is 1. The fourth-order valence-electron chi connectivity index (χ4n) is 1.62. The first-order valence-corrected chi connectivity index (χ1v) is 7.08. The molecule has 0 aliphatic heterocycles. The van der Waals surface area contributed by atoms with Crippen molar-refractivity contribution in [3.05, 3.63) is 52.7 Å². The fraction of sp³-hybridized carbons (Fsp3) is 0.143. The lowest BCUT2D eigenvalue weighted by Gasteiger charge is -2.10. The zero-order valence-corrected chi connectivity index (χ0v) is 12.9. The molecule has 0 amide bonds. The van der Waals surface area contributed by atoms with E-state index in [1.807, 2.05) is 0 Å². The molecule has 0 bridgehead atoms. The standard InChI is InChI=1S/C14H11BrClNO3/c1-8(15)13-11(14(18)19)6-7-12(17-13)20-10-4-2-9(16)3-5-10/h2-8H,1H3,(H,18,19). The number of hydrogen-bond acceptors (Lipinski definition) is 3. The van der Waals surface area contributed by atoms with E-state index in [2.05, 4.69) is 20.9 Å². The second-order valence-electron chi connectivity index (χ2n) is 4.06. The lowest BCUT2D eigenvalue weighted by Crippen LogP contribution is -2.06. The average molecular weight is 357 g/mol. The molecule has 0 radical (unpaired) electrons. The Labute approximate surface area is 129 Å². The Morgan fingerprint density at radius 2 is 1.95 bits per heavy atom. The lowest BCUT2D eigenvalue weighted by molar-refractivity contribution is 0.0695. The molecule has 0 fully saturated rings. The molecule has 0 spiro atoms. The number of pyridine rings is 1. The summed E-state index contributed by atoms with van der Waals surface area (Å²) >= 11 is 9.13. The molecule has 1 heterocycles. The van der Waals surface area contributed by atoms with Gasteiger partial charge in [0.2, 0.25) is 5.88 Å². The molecule has 1 aromatic heterocycles. The van der Waals surface area contributed by atoms with Gasteiger partial charge in [0.15, 0.2) is 0 Å². The van der Waals surface area contributed by atoms with E-state index in [0.29, 0.717) is 22.3 Å². The Kier molecular flexibility index (Phi) is 4.62. The van der Waals surface area contributed by atoms with Gasteiger partial charge in [-0.25, -0.2) is 9.78 Å². The monoisotopic (exact) mass is 355 g/mol. The number of benzene rings is 1. The minimum absolute atomic E-state index is 0.151. The van der Waals surface area contributed by atoms with Crippen molar-refractivity contribution in [2.45, 2.75) is 11.8 Å². The van der Waals surface area contributed by atoms with E-state index in [4.69, 9.17) is 21.4 Å². The van der Waals surface area contributed by atoms with Crippen molar-refractivity contribution >= 4 is 33.5 Å². The molecule has 1 aromatic carbocycles. The summed E-state index contributed by atoms with van der Waals surface area (Å²) in [5, 5.41) is 9.72. The van der Waals surface area contributed by atoms with E-state index in [1.54, 1.807) is 31.2 Å². The molecule has 2 rings (SSSR count). The summed E-state index contributed by atoms with van der Waals surface area (Å²) in [6, 6.07) is 9.84. The highest BCUT2D eigenvalue weighted by atomic mass is 79.9. The van der Waals surface area contributed by atoms with Crippen molar-refractivity contribution in [3.63, 3.8) is 0 Å². The van der Waals surface area contributed by atoms with Crippen molar-refractivity contribution in [3.8, 4) is 11.6 Å². The molecule has 0 saturated heterocycles. The van der Waals surface area contributed by atoms with Crippen LogP contribution < -0.4 is 4.74 Å². The highest BCUT2D eigenvalue weighted by molar-refractivity contribution is 9.09. The van der Waals surface area contributed by atoms with Crippen LogP contribution in [0, 0.1) is 0 Å². The van der Waals surface area contributed by atoms with Gasteiger partial charge in [0, 0.05) is 11.1 Å². The Bertz CT molecular complexity index is 629. The van der Waals surface area contributed by atoms with Crippen LogP contribution in [-0.2, 0) is 0 Å². The number of halogens is 2. The molecule has 1 N–H and O–H groups in total. The van der Waals surface area contributed by atoms with Crippen LogP contribution in [0.4, 0.5) is 0 Å². The molecule has 1 unspecified atom stereocenters. The Morgan fingerprint density at radius 3 is 2.50 bits per heavy atom. The maximum absolute atomic E-state index is 11.1. The molecule has 0 aliphatic rings.